The van der Waals surface area contributed by atoms with Crippen molar-refractivity contribution in [3.8, 4) is 0 Å². The van der Waals surface area contributed by atoms with E-state index >= 15 is 0 Å². The Hall–Kier alpha value is -2.54. The van der Waals surface area contributed by atoms with Gasteiger partial charge in [-0.15, -0.1) is 0 Å². The molecule has 0 saturated carbocycles. The maximum Gasteiger partial charge on any atom is 0.314 e. The topological polar surface area (TPSA) is 82.4 Å². The van der Waals surface area contributed by atoms with Gasteiger partial charge in [0.05, 0.1) is 12.3 Å². The summed E-state index contributed by atoms with van der Waals surface area (Å²) in [5.41, 5.74) is 3.30. The molecule has 2 amide bonds. The molecular weight excluding hydrogens is 318 g/mol. The van der Waals surface area contributed by atoms with E-state index in [1.165, 1.54) is 11.3 Å². The Morgan fingerprint density at radius 2 is 2.08 bits per heavy atom. The standard InChI is InChI=1S/C18H25N5O2/c1-13(23-8-7-14-5-3-4-6-16(14)23)9-19-18(25)20-11-17(24)15-10-21-22(2)12-15/h3-6,10,12-13,17,24H,7-9,11H2,1-2H3,(H2,19,20,25). The van der Waals surface area contributed by atoms with Crippen LogP contribution in [0.5, 0.6) is 0 Å². The third kappa shape index (κ3) is 4.11. The molecule has 0 aliphatic carbocycles. The van der Waals surface area contributed by atoms with Crippen molar-refractivity contribution in [2.45, 2.75) is 25.5 Å². The summed E-state index contributed by atoms with van der Waals surface area (Å²) in [5, 5.41) is 19.6. The van der Waals surface area contributed by atoms with Crippen LogP contribution in [0, 0.1) is 0 Å². The van der Waals surface area contributed by atoms with E-state index < -0.39 is 6.10 Å². The number of aliphatic hydroxyl groups is 1. The van der Waals surface area contributed by atoms with Crippen LogP contribution >= 0.6 is 0 Å². The van der Waals surface area contributed by atoms with Gasteiger partial charge in [0.2, 0.25) is 0 Å². The predicted octanol–water partition coefficient (Wildman–Crippen LogP) is 1.20. The van der Waals surface area contributed by atoms with Crippen molar-refractivity contribution in [3.05, 3.63) is 47.8 Å². The van der Waals surface area contributed by atoms with Crippen molar-refractivity contribution in [2.75, 3.05) is 24.5 Å². The summed E-state index contributed by atoms with van der Waals surface area (Å²) >= 11 is 0. The van der Waals surface area contributed by atoms with Crippen LogP contribution in [0.15, 0.2) is 36.7 Å². The minimum Gasteiger partial charge on any atom is -0.386 e. The first-order valence-corrected chi connectivity index (χ1v) is 8.57. The van der Waals surface area contributed by atoms with Crippen molar-refractivity contribution in [1.29, 1.82) is 0 Å². The van der Waals surface area contributed by atoms with Gasteiger partial charge in [-0.2, -0.15) is 5.10 Å². The summed E-state index contributed by atoms with van der Waals surface area (Å²) in [7, 11) is 1.79. The van der Waals surface area contributed by atoms with Crippen molar-refractivity contribution < 1.29 is 9.90 Å². The molecule has 2 atom stereocenters. The zero-order valence-electron chi connectivity index (χ0n) is 14.6. The van der Waals surface area contributed by atoms with Gasteiger partial charge in [-0.05, 0) is 25.0 Å². The second kappa shape index (κ2) is 7.57. The van der Waals surface area contributed by atoms with Crippen LogP contribution in [-0.4, -0.2) is 46.6 Å². The molecule has 0 bridgehead atoms. The number of nitrogens with zero attached hydrogens (tertiary/aromatic N) is 3. The molecule has 1 aliphatic rings. The summed E-state index contributed by atoms with van der Waals surface area (Å²) in [6, 6.07) is 8.32. The molecule has 1 aliphatic heterocycles. The summed E-state index contributed by atoms with van der Waals surface area (Å²) < 4.78 is 1.62. The van der Waals surface area contributed by atoms with Crippen LogP contribution < -0.4 is 15.5 Å². The molecule has 7 heteroatoms. The normalized spacial score (nSPS) is 15.6. The number of carbonyl (C=O) groups is 1. The first kappa shape index (κ1) is 17.3. The highest BCUT2D eigenvalue weighted by Gasteiger charge is 2.23. The maximum atomic E-state index is 12.0. The number of rotatable bonds is 6. The van der Waals surface area contributed by atoms with Gasteiger partial charge in [0.25, 0.3) is 0 Å². The highest BCUT2D eigenvalue weighted by Crippen LogP contribution is 2.28. The number of urea groups is 1. The lowest BCUT2D eigenvalue weighted by Crippen LogP contribution is -2.45. The van der Waals surface area contributed by atoms with Crippen LogP contribution in [0.2, 0.25) is 0 Å². The van der Waals surface area contributed by atoms with E-state index in [0.29, 0.717) is 12.1 Å². The first-order valence-electron chi connectivity index (χ1n) is 8.57. The monoisotopic (exact) mass is 343 g/mol. The highest BCUT2D eigenvalue weighted by atomic mass is 16.3. The molecule has 0 radical (unpaired) electrons. The van der Waals surface area contributed by atoms with Gasteiger partial charge in [-0.1, -0.05) is 18.2 Å². The molecule has 2 unspecified atom stereocenters. The van der Waals surface area contributed by atoms with Crippen LogP contribution in [0.25, 0.3) is 0 Å². The zero-order chi connectivity index (χ0) is 17.8. The van der Waals surface area contributed by atoms with Gasteiger partial charge in [-0.3, -0.25) is 4.68 Å². The molecule has 1 aromatic heterocycles. The number of para-hydroxylation sites is 1. The van der Waals surface area contributed by atoms with Crippen LogP contribution in [0.3, 0.4) is 0 Å². The molecule has 3 rings (SSSR count). The second-order valence-electron chi connectivity index (χ2n) is 6.48. The second-order valence-corrected chi connectivity index (χ2v) is 6.48. The van der Waals surface area contributed by atoms with E-state index in [9.17, 15) is 9.90 Å². The third-order valence-electron chi connectivity index (χ3n) is 4.58. The first-order chi connectivity index (χ1) is 12.0. The Balaban J connectivity index is 1.43. The summed E-state index contributed by atoms with van der Waals surface area (Å²) in [6.45, 7) is 3.78. The Morgan fingerprint density at radius 3 is 2.84 bits per heavy atom. The summed E-state index contributed by atoms with van der Waals surface area (Å²) in [5.74, 6) is 0. The Bertz CT molecular complexity index is 730. The molecule has 25 heavy (non-hydrogen) atoms. The van der Waals surface area contributed by atoms with E-state index in [2.05, 4.69) is 45.8 Å². The number of hydrogen-bond donors (Lipinski definition) is 3. The third-order valence-corrected chi connectivity index (χ3v) is 4.58. The molecule has 1 aromatic carbocycles. The van der Waals surface area contributed by atoms with Gasteiger partial charge in [0.1, 0.15) is 0 Å². The molecule has 0 spiro atoms. The minimum absolute atomic E-state index is 0.151. The van der Waals surface area contributed by atoms with Crippen LogP contribution in [0.4, 0.5) is 10.5 Å². The number of amides is 2. The number of hydrogen-bond acceptors (Lipinski definition) is 4. The molecule has 0 saturated heterocycles. The number of nitrogens with one attached hydrogen (secondary N) is 2. The highest BCUT2D eigenvalue weighted by molar-refractivity contribution is 5.74. The SMILES string of the molecule is CC(CNC(=O)NCC(O)c1cnn(C)c1)N1CCc2ccccc21. The number of aliphatic hydroxyl groups excluding tert-OH is 1. The number of aryl methyl sites for hydroxylation is 1. The van der Waals surface area contributed by atoms with Crippen LogP contribution in [-0.2, 0) is 13.5 Å². The Kier molecular flexibility index (Phi) is 5.23. The fourth-order valence-corrected chi connectivity index (χ4v) is 3.15. The maximum absolute atomic E-state index is 12.0. The van der Waals surface area contributed by atoms with E-state index in [4.69, 9.17) is 0 Å². The fourth-order valence-electron chi connectivity index (χ4n) is 3.15. The van der Waals surface area contributed by atoms with Gasteiger partial charge in [-0.25, -0.2) is 4.79 Å². The molecule has 0 fully saturated rings. The number of aromatic nitrogens is 2. The zero-order valence-corrected chi connectivity index (χ0v) is 14.6. The van der Waals surface area contributed by atoms with E-state index in [0.717, 1.165) is 13.0 Å². The number of carbonyl (C=O) groups excluding carboxylic acids is 1. The van der Waals surface area contributed by atoms with E-state index in [-0.39, 0.29) is 18.6 Å². The molecule has 2 aromatic rings. The lowest BCUT2D eigenvalue weighted by molar-refractivity contribution is 0.173. The number of anilines is 1. The van der Waals surface area contributed by atoms with E-state index in [1.807, 2.05) is 6.07 Å². The van der Waals surface area contributed by atoms with Gasteiger partial charge >= 0.3 is 6.03 Å². The van der Waals surface area contributed by atoms with E-state index in [1.54, 1.807) is 24.1 Å². The van der Waals surface area contributed by atoms with Crippen molar-refractivity contribution >= 4 is 11.7 Å². The fraction of sp³-hybridized carbons (Fsp3) is 0.444. The Labute approximate surface area is 147 Å². The number of fused-ring (bicyclic) bond motifs is 1. The smallest absolute Gasteiger partial charge is 0.314 e. The lowest BCUT2D eigenvalue weighted by Gasteiger charge is -2.27. The summed E-state index contributed by atoms with van der Waals surface area (Å²) in [6.07, 6.45) is 3.61. The summed E-state index contributed by atoms with van der Waals surface area (Å²) in [4.78, 5) is 14.3. The van der Waals surface area contributed by atoms with Gasteiger partial charge in [0.15, 0.2) is 0 Å². The average Bonchev–Trinajstić information content (AvgIpc) is 3.23. The molecule has 2 heterocycles. The van der Waals surface area contributed by atoms with Crippen LogP contribution in [0.1, 0.15) is 24.2 Å². The predicted molar refractivity (Wildman–Crippen MR) is 96.5 cm³/mol. The van der Waals surface area contributed by atoms with Crippen molar-refractivity contribution in [2.24, 2.45) is 7.05 Å². The molecule has 3 N–H and O–H groups in total. The van der Waals surface area contributed by atoms with Gasteiger partial charge in [0, 0.05) is 50.2 Å². The number of benzene rings is 1. The quantitative estimate of drug-likeness (QED) is 0.736. The van der Waals surface area contributed by atoms with Crippen molar-refractivity contribution in [1.82, 2.24) is 20.4 Å². The van der Waals surface area contributed by atoms with Gasteiger partial charge < -0.3 is 20.6 Å². The molecule has 7 nitrogen and oxygen atoms in total. The molecule has 134 valence electrons. The van der Waals surface area contributed by atoms with Crippen molar-refractivity contribution in [3.63, 3.8) is 0 Å². The Morgan fingerprint density at radius 1 is 1.32 bits per heavy atom. The minimum atomic E-state index is -0.762. The largest absolute Gasteiger partial charge is 0.386 e. The molecular formula is C18H25N5O2. The average molecular weight is 343 g/mol. The lowest BCUT2D eigenvalue weighted by atomic mass is 10.2.